The molecule has 5 atom stereocenters. The average molecular weight is 464 g/mol. The smallest absolute Gasteiger partial charge is 0.193 e. The average Bonchev–Trinajstić information content (AvgIpc) is 3.28. The molecule has 0 spiro atoms. The van der Waals surface area contributed by atoms with Crippen molar-refractivity contribution in [2.75, 3.05) is 52.5 Å². The first-order chi connectivity index (χ1) is 11.8. The van der Waals surface area contributed by atoms with Crippen LogP contribution in [-0.2, 0) is 9.47 Å². The van der Waals surface area contributed by atoms with Crippen molar-refractivity contribution < 1.29 is 9.47 Å². The number of rotatable bonds is 4. The number of aliphatic imine (C=N–C) groups is 1. The minimum absolute atomic E-state index is 0. The summed E-state index contributed by atoms with van der Waals surface area (Å²) in [6.45, 7) is 12.2. The Bertz CT molecular complexity index is 460. The SMILES string of the molecule is CCNC(=NCCN1CCOCC1C)N1CC2C3CCC(O3)C2C1.I. The van der Waals surface area contributed by atoms with Gasteiger partial charge in [0.2, 0.25) is 0 Å². The van der Waals surface area contributed by atoms with E-state index in [0.29, 0.717) is 18.2 Å². The lowest BCUT2D eigenvalue weighted by molar-refractivity contribution is 0.00139. The molecule has 4 heterocycles. The van der Waals surface area contributed by atoms with Gasteiger partial charge in [-0.05, 0) is 26.7 Å². The molecule has 2 bridgehead atoms. The lowest BCUT2D eigenvalue weighted by Crippen LogP contribution is -2.45. The summed E-state index contributed by atoms with van der Waals surface area (Å²) in [7, 11) is 0. The first kappa shape index (κ1) is 19.6. The number of nitrogens with zero attached hydrogens (tertiary/aromatic N) is 3. The highest BCUT2D eigenvalue weighted by Gasteiger charge is 2.53. The Balaban J connectivity index is 0.00000182. The third kappa shape index (κ3) is 4.09. The molecule has 5 unspecified atom stereocenters. The van der Waals surface area contributed by atoms with E-state index in [0.717, 1.165) is 70.3 Å². The number of likely N-dealkylation sites (tertiary alicyclic amines) is 1. The highest BCUT2D eigenvalue weighted by Crippen LogP contribution is 2.47. The monoisotopic (exact) mass is 464 g/mol. The molecule has 0 aromatic heterocycles. The molecule has 1 N–H and O–H groups in total. The van der Waals surface area contributed by atoms with Crippen LogP contribution in [0.1, 0.15) is 26.7 Å². The van der Waals surface area contributed by atoms with Gasteiger partial charge in [-0.2, -0.15) is 0 Å². The third-order valence-corrected chi connectivity index (χ3v) is 6.24. The number of halogens is 1. The highest BCUT2D eigenvalue weighted by molar-refractivity contribution is 14.0. The number of morpholine rings is 1. The lowest BCUT2D eigenvalue weighted by Gasteiger charge is -2.32. The molecule has 0 radical (unpaired) electrons. The van der Waals surface area contributed by atoms with Crippen molar-refractivity contribution in [3.05, 3.63) is 0 Å². The van der Waals surface area contributed by atoms with Crippen molar-refractivity contribution in [1.29, 1.82) is 0 Å². The van der Waals surface area contributed by atoms with Gasteiger partial charge in [-0.15, -0.1) is 24.0 Å². The predicted molar refractivity (Wildman–Crippen MR) is 110 cm³/mol. The van der Waals surface area contributed by atoms with Crippen molar-refractivity contribution in [2.45, 2.75) is 44.9 Å². The molecule has 7 heteroatoms. The Kier molecular flexibility index (Phi) is 6.84. The second kappa shape index (κ2) is 8.71. The van der Waals surface area contributed by atoms with Gasteiger partial charge in [0.05, 0.1) is 32.0 Å². The highest BCUT2D eigenvalue weighted by atomic mass is 127. The summed E-state index contributed by atoms with van der Waals surface area (Å²) in [4.78, 5) is 9.90. The van der Waals surface area contributed by atoms with E-state index in [1.54, 1.807) is 0 Å². The Labute approximate surface area is 168 Å². The molecular weight excluding hydrogens is 431 g/mol. The second-order valence-corrected chi connectivity index (χ2v) is 7.72. The van der Waals surface area contributed by atoms with E-state index >= 15 is 0 Å². The molecule has 4 rings (SSSR count). The maximum atomic E-state index is 6.09. The zero-order chi connectivity index (χ0) is 16.5. The Morgan fingerprint density at radius 1 is 1.20 bits per heavy atom. The van der Waals surface area contributed by atoms with Gasteiger partial charge in [0.15, 0.2) is 5.96 Å². The van der Waals surface area contributed by atoms with Crippen LogP contribution in [0.2, 0.25) is 0 Å². The van der Waals surface area contributed by atoms with Gasteiger partial charge >= 0.3 is 0 Å². The largest absolute Gasteiger partial charge is 0.379 e. The fourth-order valence-corrected chi connectivity index (χ4v) is 4.94. The maximum absolute atomic E-state index is 6.09. The van der Waals surface area contributed by atoms with E-state index in [9.17, 15) is 0 Å². The molecule has 0 aromatic carbocycles. The molecule has 4 aliphatic heterocycles. The number of nitrogens with one attached hydrogen (secondary N) is 1. The predicted octanol–water partition coefficient (Wildman–Crippen LogP) is 1.40. The molecule has 25 heavy (non-hydrogen) atoms. The van der Waals surface area contributed by atoms with E-state index in [-0.39, 0.29) is 24.0 Å². The quantitative estimate of drug-likeness (QED) is 0.388. The van der Waals surface area contributed by atoms with Crippen LogP contribution in [0.3, 0.4) is 0 Å². The summed E-state index contributed by atoms with van der Waals surface area (Å²) in [5.41, 5.74) is 0. The summed E-state index contributed by atoms with van der Waals surface area (Å²) in [5, 5.41) is 3.50. The van der Waals surface area contributed by atoms with Crippen LogP contribution in [0.15, 0.2) is 4.99 Å². The number of fused-ring (bicyclic) bond motifs is 5. The normalized spacial score (nSPS) is 37.9. The third-order valence-electron chi connectivity index (χ3n) is 6.24. The molecular formula is C18H33IN4O2. The Morgan fingerprint density at radius 3 is 2.56 bits per heavy atom. The summed E-state index contributed by atoms with van der Waals surface area (Å²) in [6.07, 6.45) is 3.56. The standard InChI is InChI=1S/C18H32N4O2.HI/c1-3-19-18(20-6-7-21-8-9-23-12-13(21)2)22-10-14-15(11-22)17-5-4-16(14)24-17;/h13-17H,3-12H2,1-2H3,(H,19,20);1H. The molecule has 144 valence electrons. The number of hydrogen-bond acceptors (Lipinski definition) is 4. The second-order valence-electron chi connectivity index (χ2n) is 7.72. The van der Waals surface area contributed by atoms with Crippen molar-refractivity contribution in [1.82, 2.24) is 15.1 Å². The van der Waals surface area contributed by atoms with E-state index in [1.807, 2.05) is 0 Å². The zero-order valence-corrected chi connectivity index (χ0v) is 17.9. The molecule has 0 saturated carbocycles. The van der Waals surface area contributed by atoms with Crippen molar-refractivity contribution in [3.63, 3.8) is 0 Å². The van der Waals surface area contributed by atoms with Gasteiger partial charge in [-0.25, -0.2) is 0 Å². The topological polar surface area (TPSA) is 49.3 Å². The molecule has 4 saturated heterocycles. The van der Waals surface area contributed by atoms with Crippen LogP contribution < -0.4 is 5.32 Å². The molecule has 0 aromatic rings. The van der Waals surface area contributed by atoms with Crippen molar-refractivity contribution in [2.24, 2.45) is 16.8 Å². The number of guanidine groups is 1. The first-order valence-corrected chi connectivity index (χ1v) is 9.76. The van der Waals surface area contributed by atoms with Gasteiger partial charge in [-0.3, -0.25) is 9.89 Å². The minimum atomic E-state index is 0. The summed E-state index contributed by atoms with van der Waals surface area (Å²) in [5.74, 6) is 2.56. The minimum Gasteiger partial charge on any atom is -0.379 e. The fraction of sp³-hybridized carbons (Fsp3) is 0.944. The van der Waals surface area contributed by atoms with Crippen LogP contribution in [0.5, 0.6) is 0 Å². The number of ether oxygens (including phenoxy) is 2. The molecule has 0 aliphatic carbocycles. The molecule has 4 fully saturated rings. The van der Waals surface area contributed by atoms with Gasteiger partial charge in [-0.1, -0.05) is 0 Å². The van der Waals surface area contributed by atoms with Gasteiger partial charge in [0.1, 0.15) is 0 Å². The molecule has 0 amide bonds. The van der Waals surface area contributed by atoms with Crippen molar-refractivity contribution in [3.8, 4) is 0 Å². The van der Waals surface area contributed by atoms with Gasteiger partial charge in [0, 0.05) is 50.6 Å². The van der Waals surface area contributed by atoms with E-state index in [2.05, 4.69) is 29.0 Å². The zero-order valence-electron chi connectivity index (χ0n) is 15.5. The van der Waals surface area contributed by atoms with Crippen LogP contribution in [0.4, 0.5) is 0 Å². The van der Waals surface area contributed by atoms with E-state index in [4.69, 9.17) is 14.5 Å². The summed E-state index contributed by atoms with van der Waals surface area (Å²) in [6, 6.07) is 0.510. The molecule has 4 aliphatic rings. The Hall–Kier alpha value is -0.120. The first-order valence-electron chi connectivity index (χ1n) is 9.76. The number of hydrogen-bond donors (Lipinski definition) is 1. The van der Waals surface area contributed by atoms with Crippen LogP contribution in [-0.4, -0.2) is 86.5 Å². The maximum Gasteiger partial charge on any atom is 0.193 e. The molecule has 6 nitrogen and oxygen atoms in total. The van der Waals surface area contributed by atoms with Gasteiger partial charge < -0.3 is 19.7 Å². The van der Waals surface area contributed by atoms with Crippen LogP contribution >= 0.6 is 24.0 Å². The Morgan fingerprint density at radius 2 is 1.92 bits per heavy atom. The summed E-state index contributed by atoms with van der Waals surface area (Å²) >= 11 is 0. The van der Waals surface area contributed by atoms with E-state index in [1.165, 1.54) is 12.8 Å². The van der Waals surface area contributed by atoms with Crippen LogP contribution in [0, 0.1) is 11.8 Å². The lowest BCUT2D eigenvalue weighted by atomic mass is 9.82. The fourth-order valence-electron chi connectivity index (χ4n) is 4.94. The van der Waals surface area contributed by atoms with Crippen LogP contribution in [0.25, 0.3) is 0 Å². The van der Waals surface area contributed by atoms with E-state index < -0.39 is 0 Å². The van der Waals surface area contributed by atoms with Crippen molar-refractivity contribution >= 4 is 29.9 Å². The van der Waals surface area contributed by atoms with Gasteiger partial charge in [0.25, 0.3) is 0 Å². The summed E-state index contributed by atoms with van der Waals surface area (Å²) < 4.78 is 11.6.